The maximum atomic E-state index is 10.4. The Bertz CT molecular complexity index is 1380. The van der Waals surface area contributed by atoms with Crippen molar-refractivity contribution in [1.29, 1.82) is 0 Å². The Kier molecular flexibility index (Phi) is 11.3. The van der Waals surface area contributed by atoms with E-state index in [1.807, 2.05) is 86.9 Å². The number of hydrogen-bond donors (Lipinski definition) is 2. The lowest BCUT2D eigenvalue weighted by Gasteiger charge is -2.18. The molecule has 8 heteroatoms. The van der Waals surface area contributed by atoms with Crippen molar-refractivity contribution in [3.05, 3.63) is 131 Å². The Morgan fingerprint density at radius 2 is 1.29 bits per heavy atom. The summed E-state index contributed by atoms with van der Waals surface area (Å²) in [6, 6.07) is 34.8. The summed E-state index contributed by atoms with van der Waals surface area (Å²) in [7, 11) is -0.0394. The number of likely N-dealkylation sites (N-methyl/N-ethyl adjacent to an activating group) is 1. The van der Waals surface area contributed by atoms with Gasteiger partial charge in [-0.25, -0.2) is 0 Å². The van der Waals surface area contributed by atoms with Gasteiger partial charge in [-0.1, -0.05) is 84.9 Å². The van der Waals surface area contributed by atoms with Crippen LogP contribution < -0.4 is 9.26 Å². The van der Waals surface area contributed by atoms with E-state index < -0.39 is 8.17 Å². The average Bonchev–Trinajstić information content (AvgIpc) is 2.98. The van der Waals surface area contributed by atoms with E-state index in [9.17, 15) is 9.79 Å². The molecule has 0 atom stereocenters. The highest BCUT2D eigenvalue weighted by Gasteiger charge is 2.41. The van der Waals surface area contributed by atoms with Gasteiger partial charge < -0.3 is 9.64 Å². The third-order valence-electron chi connectivity index (χ3n) is 6.33. The lowest BCUT2D eigenvalue weighted by molar-refractivity contribution is 0.160. The smallest absolute Gasteiger partial charge is 0.492 e. The lowest BCUT2D eigenvalue weighted by atomic mass is 9.88. The monoisotopic (exact) mass is 592 g/mol. The number of rotatable bonds is 14. The SMILES string of the molecule is CN(C)CCOc1ccc(/C(=C(/CCCl)c2ccccc2)c2ccc(O[P+](O)(O)OCc3ccccc3)cc2)cc1. The molecule has 0 aliphatic heterocycles. The van der Waals surface area contributed by atoms with Gasteiger partial charge in [-0.2, -0.15) is 9.79 Å². The zero-order valence-electron chi connectivity index (χ0n) is 23.3. The van der Waals surface area contributed by atoms with Gasteiger partial charge in [0.2, 0.25) is 0 Å². The Morgan fingerprint density at radius 3 is 1.85 bits per heavy atom. The second-order valence-corrected chi connectivity index (χ2v) is 11.5. The highest BCUT2D eigenvalue weighted by Crippen LogP contribution is 2.53. The summed E-state index contributed by atoms with van der Waals surface area (Å²) in [5.74, 6) is 1.56. The standard InChI is InChI=1S/C33H36ClNO5P/c1-35(2)23-24-38-30-17-13-28(14-18-30)33(32(21-22-34)27-11-7-4-8-12-27)29-15-19-31(20-16-29)40-41(36,37)39-25-26-9-5-3-6-10-26/h3-20,36-37H,21-25H2,1-2H3/q+1/b33-32+. The van der Waals surface area contributed by atoms with Crippen molar-refractivity contribution >= 4 is 30.9 Å². The maximum Gasteiger partial charge on any atom is 0.616 e. The number of benzene rings is 4. The zero-order chi connectivity index (χ0) is 29.1. The molecule has 0 heterocycles. The summed E-state index contributed by atoms with van der Waals surface area (Å²) in [4.78, 5) is 22.9. The second-order valence-electron chi connectivity index (χ2n) is 9.70. The van der Waals surface area contributed by atoms with Gasteiger partial charge in [-0.05, 0) is 78.2 Å². The van der Waals surface area contributed by atoms with Crippen molar-refractivity contribution in [1.82, 2.24) is 4.90 Å². The molecule has 0 unspecified atom stereocenters. The van der Waals surface area contributed by atoms with Gasteiger partial charge in [0.25, 0.3) is 0 Å². The van der Waals surface area contributed by atoms with Crippen LogP contribution in [0.3, 0.4) is 0 Å². The van der Waals surface area contributed by atoms with Crippen LogP contribution in [0.25, 0.3) is 11.1 Å². The normalized spacial score (nSPS) is 12.2. The molecule has 6 nitrogen and oxygen atoms in total. The number of ether oxygens (including phenoxy) is 1. The molecule has 214 valence electrons. The van der Waals surface area contributed by atoms with Crippen molar-refractivity contribution in [2.75, 3.05) is 33.1 Å². The Hall–Kier alpha value is -3.22. The summed E-state index contributed by atoms with van der Waals surface area (Å²) < 4.78 is 16.7. The highest BCUT2D eigenvalue weighted by molar-refractivity contribution is 7.54. The van der Waals surface area contributed by atoms with Crippen molar-refractivity contribution in [2.24, 2.45) is 0 Å². The first-order valence-electron chi connectivity index (χ1n) is 13.4. The maximum absolute atomic E-state index is 10.4. The molecule has 0 radical (unpaired) electrons. The minimum absolute atomic E-state index is 0.0281. The van der Waals surface area contributed by atoms with Crippen LogP contribution in [0.2, 0.25) is 0 Å². The summed E-state index contributed by atoms with van der Waals surface area (Å²) in [6.45, 7) is 1.46. The van der Waals surface area contributed by atoms with Gasteiger partial charge in [0.05, 0.1) is 0 Å². The highest BCUT2D eigenvalue weighted by atomic mass is 35.5. The summed E-state index contributed by atoms with van der Waals surface area (Å²) in [5.41, 5.74) is 5.98. The van der Waals surface area contributed by atoms with Crippen LogP contribution >= 0.6 is 19.8 Å². The van der Waals surface area contributed by atoms with Crippen LogP contribution in [0.15, 0.2) is 109 Å². The topological polar surface area (TPSA) is 71.4 Å². The second kappa shape index (κ2) is 15.1. The molecular weight excluding hydrogens is 557 g/mol. The van der Waals surface area contributed by atoms with E-state index in [2.05, 4.69) is 29.2 Å². The summed E-state index contributed by atoms with van der Waals surface area (Å²) in [6.07, 6.45) is 0.662. The molecule has 4 aromatic carbocycles. The molecule has 2 N–H and O–H groups in total. The molecule has 0 bridgehead atoms. The van der Waals surface area contributed by atoms with Crippen LogP contribution in [-0.2, 0) is 11.1 Å². The minimum Gasteiger partial charge on any atom is -0.492 e. The first-order valence-corrected chi connectivity index (χ1v) is 15.5. The molecule has 0 saturated carbocycles. The predicted molar refractivity (Wildman–Crippen MR) is 168 cm³/mol. The van der Waals surface area contributed by atoms with Gasteiger partial charge in [-0.3, -0.25) is 4.52 Å². The summed E-state index contributed by atoms with van der Waals surface area (Å²) >= 11 is 6.30. The van der Waals surface area contributed by atoms with E-state index in [1.54, 1.807) is 12.1 Å². The van der Waals surface area contributed by atoms with E-state index in [0.717, 1.165) is 45.7 Å². The van der Waals surface area contributed by atoms with E-state index in [1.165, 1.54) is 0 Å². The van der Waals surface area contributed by atoms with Crippen LogP contribution in [0.1, 0.15) is 28.7 Å². The largest absolute Gasteiger partial charge is 0.616 e. The molecular formula is C33H36ClNO5P+. The van der Waals surface area contributed by atoms with Gasteiger partial charge in [0, 0.05) is 12.4 Å². The van der Waals surface area contributed by atoms with E-state index >= 15 is 0 Å². The predicted octanol–water partition coefficient (Wildman–Crippen LogP) is 7.47. The molecule has 0 aliphatic carbocycles. The number of halogens is 1. The first-order chi connectivity index (χ1) is 19.8. The van der Waals surface area contributed by atoms with Crippen LogP contribution in [-0.4, -0.2) is 47.8 Å². The molecule has 41 heavy (non-hydrogen) atoms. The lowest BCUT2D eigenvalue weighted by Crippen LogP contribution is -2.19. The van der Waals surface area contributed by atoms with Gasteiger partial charge >= 0.3 is 8.17 Å². The number of hydrogen-bond acceptors (Lipinski definition) is 6. The fourth-order valence-corrected chi connectivity index (χ4v) is 5.26. The molecule has 4 aromatic rings. The van der Waals surface area contributed by atoms with Crippen molar-refractivity contribution < 1.29 is 23.6 Å². The number of alkyl halides is 1. The van der Waals surface area contributed by atoms with Gasteiger partial charge in [-0.15, -0.1) is 16.1 Å². The molecule has 4 rings (SSSR count). The number of allylic oxidation sites excluding steroid dienone is 1. The van der Waals surface area contributed by atoms with Crippen molar-refractivity contribution in [3.63, 3.8) is 0 Å². The molecule has 0 amide bonds. The Labute approximate surface area is 248 Å². The minimum atomic E-state index is -4.07. The molecule has 0 fully saturated rings. The summed E-state index contributed by atoms with van der Waals surface area (Å²) in [5, 5.41) is 0. The quantitative estimate of drug-likeness (QED) is 0.0899. The van der Waals surface area contributed by atoms with E-state index in [4.69, 9.17) is 25.4 Å². The molecule has 0 spiro atoms. The van der Waals surface area contributed by atoms with Gasteiger partial charge in [0.1, 0.15) is 19.0 Å². The molecule has 0 saturated heterocycles. The van der Waals surface area contributed by atoms with E-state index in [-0.39, 0.29) is 6.61 Å². The third-order valence-corrected chi connectivity index (χ3v) is 7.43. The zero-order valence-corrected chi connectivity index (χ0v) is 25.0. The van der Waals surface area contributed by atoms with Crippen LogP contribution in [0, 0.1) is 0 Å². The van der Waals surface area contributed by atoms with E-state index in [0.29, 0.717) is 24.7 Å². The van der Waals surface area contributed by atoms with Crippen LogP contribution in [0.4, 0.5) is 0 Å². The van der Waals surface area contributed by atoms with Gasteiger partial charge in [0.15, 0.2) is 5.75 Å². The third kappa shape index (κ3) is 9.40. The fraction of sp³-hybridized carbons (Fsp3) is 0.212. The Morgan fingerprint density at radius 1 is 0.732 bits per heavy atom. The Balaban J connectivity index is 1.61. The number of nitrogens with zero attached hydrogens (tertiary/aromatic N) is 1. The molecule has 0 aliphatic rings. The van der Waals surface area contributed by atoms with Crippen LogP contribution in [0.5, 0.6) is 11.5 Å². The average molecular weight is 593 g/mol. The molecule has 0 aromatic heterocycles. The first kappa shape index (κ1) is 30.7. The van der Waals surface area contributed by atoms with Crippen molar-refractivity contribution in [3.8, 4) is 11.5 Å². The van der Waals surface area contributed by atoms with Crippen molar-refractivity contribution in [2.45, 2.75) is 13.0 Å². The fourth-order valence-electron chi connectivity index (χ4n) is 4.31.